The summed E-state index contributed by atoms with van der Waals surface area (Å²) in [6.07, 6.45) is 2.75. The molecule has 1 atom stereocenters. The Hall–Kier alpha value is -1.42. The molecule has 19 heavy (non-hydrogen) atoms. The minimum atomic E-state index is 0.155. The van der Waals surface area contributed by atoms with Gasteiger partial charge < -0.3 is 4.90 Å². The Morgan fingerprint density at radius 2 is 2.05 bits per heavy atom. The van der Waals surface area contributed by atoms with Crippen LogP contribution >= 0.6 is 0 Å². The predicted molar refractivity (Wildman–Crippen MR) is 75.5 cm³/mol. The van der Waals surface area contributed by atoms with Crippen LogP contribution in [0.1, 0.15) is 26.0 Å². The minimum Gasteiger partial charge on any atom is -0.340 e. The number of pyridine rings is 1. The van der Waals surface area contributed by atoms with Gasteiger partial charge in [-0.3, -0.25) is 14.7 Å². The van der Waals surface area contributed by atoms with Crippen LogP contribution in [0.3, 0.4) is 0 Å². The van der Waals surface area contributed by atoms with Gasteiger partial charge in [-0.1, -0.05) is 19.9 Å². The first-order valence-electron chi connectivity index (χ1n) is 7.11. The Morgan fingerprint density at radius 1 is 1.32 bits per heavy atom. The highest BCUT2D eigenvalue weighted by Gasteiger charge is 2.23. The Balaban J connectivity index is 1.81. The molecule has 1 aromatic heterocycles. The van der Waals surface area contributed by atoms with Crippen LogP contribution < -0.4 is 0 Å². The molecule has 104 valence electrons. The molecule has 0 N–H and O–H groups in total. The van der Waals surface area contributed by atoms with Crippen LogP contribution in [0, 0.1) is 5.92 Å². The number of rotatable bonds is 4. The van der Waals surface area contributed by atoms with Crippen molar-refractivity contribution in [3.63, 3.8) is 0 Å². The molecule has 0 radical (unpaired) electrons. The third-order valence-corrected chi connectivity index (χ3v) is 3.83. The zero-order valence-electron chi connectivity index (χ0n) is 11.9. The molecule has 1 unspecified atom stereocenters. The van der Waals surface area contributed by atoms with E-state index in [1.807, 2.05) is 30.2 Å². The highest BCUT2D eigenvalue weighted by molar-refractivity contribution is 5.78. The number of carbonyl (C=O) groups excluding carboxylic acids is 1. The van der Waals surface area contributed by atoms with Gasteiger partial charge in [-0.15, -0.1) is 0 Å². The maximum atomic E-state index is 12.1. The second-order valence-electron chi connectivity index (χ2n) is 5.23. The van der Waals surface area contributed by atoms with Crippen LogP contribution in [0.15, 0.2) is 24.4 Å². The van der Waals surface area contributed by atoms with Crippen LogP contribution in [0.4, 0.5) is 0 Å². The van der Waals surface area contributed by atoms with Crippen LogP contribution in [-0.4, -0.2) is 46.9 Å². The van der Waals surface area contributed by atoms with E-state index in [-0.39, 0.29) is 5.92 Å². The average molecular weight is 261 g/mol. The molecular weight excluding hydrogens is 238 g/mol. The van der Waals surface area contributed by atoms with Crippen LogP contribution in [0.25, 0.3) is 0 Å². The van der Waals surface area contributed by atoms with Gasteiger partial charge in [-0.25, -0.2) is 0 Å². The van der Waals surface area contributed by atoms with Crippen LogP contribution in [0.5, 0.6) is 0 Å². The summed E-state index contributed by atoms with van der Waals surface area (Å²) in [5.41, 5.74) is 1.10. The highest BCUT2D eigenvalue weighted by Crippen LogP contribution is 2.11. The first kappa shape index (κ1) is 14.0. The lowest BCUT2D eigenvalue weighted by atomic mass is 10.1. The number of hydrogen-bond donors (Lipinski definition) is 0. The summed E-state index contributed by atoms with van der Waals surface area (Å²) >= 11 is 0. The molecule has 1 fully saturated rings. The van der Waals surface area contributed by atoms with Gasteiger partial charge in [0.05, 0.1) is 5.69 Å². The number of aromatic nitrogens is 1. The lowest BCUT2D eigenvalue weighted by Gasteiger charge is -2.35. The lowest BCUT2D eigenvalue weighted by Crippen LogP contribution is -2.49. The van der Waals surface area contributed by atoms with Gasteiger partial charge in [0.25, 0.3) is 0 Å². The van der Waals surface area contributed by atoms with Gasteiger partial charge in [0.1, 0.15) is 0 Å². The molecule has 4 heteroatoms. The van der Waals surface area contributed by atoms with Gasteiger partial charge >= 0.3 is 0 Å². The van der Waals surface area contributed by atoms with Crippen molar-refractivity contribution in [1.82, 2.24) is 14.8 Å². The van der Waals surface area contributed by atoms with Gasteiger partial charge in [0.15, 0.2) is 0 Å². The second kappa shape index (κ2) is 6.66. The third kappa shape index (κ3) is 3.77. The van der Waals surface area contributed by atoms with Gasteiger partial charge in [0, 0.05) is 44.8 Å². The van der Waals surface area contributed by atoms with E-state index in [0.29, 0.717) is 5.91 Å². The number of amides is 1. The molecule has 4 nitrogen and oxygen atoms in total. The van der Waals surface area contributed by atoms with E-state index in [1.165, 1.54) is 0 Å². The topological polar surface area (TPSA) is 36.4 Å². The van der Waals surface area contributed by atoms with E-state index in [0.717, 1.165) is 44.8 Å². The third-order valence-electron chi connectivity index (χ3n) is 3.83. The molecule has 1 aromatic rings. The van der Waals surface area contributed by atoms with E-state index in [2.05, 4.69) is 22.9 Å². The highest BCUT2D eigenvalue weighted by atomic mass is 16.2. The van der Waals surface area contributed by atoms with Crippen molar-refractivity contribution in [2.24, 2.45) is 5.92 Å². The summed E-state index contributed by atoms with van der Waals surface area (Å²) in [5.74, 6) is 0.460. The predicted octanol–water partition coefficient (Wildman–Crippen LogP) is 1.77. The molecule has 0 bridgehead atoms. The average Bonchev–Trinajstić information content (AvgIpc) is 2.47. The maximum absolute atomic E-state index is 12.1. The fourth-order valence-electron chi connectivity index (χ4n) is 2.33. The van der Waals surface area contributed by atoms with Crippen molar-refractivity contribution >= 4 is 5.91 Å². The SMILES string of the molecule is CCC(C)C(=O)N1CCN(Cc2ccccn2)CC1. The molecule has 2 rings (SSSR count). The first-order chi connectivity index (χ1) is 9.20. The van der Waals surface area contributed by atoms with Crippen molar-refractivity contribution in [3.05, 3.63) is 30.1 Å². The van der Waals surface area contributed by atoms with E-state index < -0.39 is 0 Å². The largest absolute Gasteiger partial charge is 0.340 e. The maximum Gasteiger partial charge on any atom is 0.225 e. The molecule has 0 aliphatic carbocycles. The lowest BCUT2D eigenvalue weighted by molar-refractivity contribution is -0.136. The molecule has 1 amide bonds. The summed E-state index contributed by atoms with van der Waals surface area (Å²) in [7, 11) is 0. The van der Waals surface area contributed by atoms with Gasteiger partial charge in [0.2, 0.25) is 5.91 Å². The van der Waals surface area contributed by atoms with Gasteiger partial charge in [-0.05, 0) is 18.6 Å². The molecule has 0 saturated carbocycles. The smallest absolute Gasteiger partial charge is 0.225 e. The fraction of sp³-hybridized carbons (Fsp3) is 0.600. The molecule has 2 heterocycles. The van der Waals surface area contributed by atoms with Crippen molar-refractivity contribution in [2.75, 3.05) is 26.2 Å². The Kier molecular flexibility index (Phi) is 4.91. The van der Waals surface area contributed by atoms with E-state index >= 15 is 0 Å². The summed E-state index contributed by atoms with van der Waals surface area (Å²) < 4.78 is 0. The van der Waals surface area contributed by atoms with E-state index in [9.17, 15) is 4.79 Å². The van der Waals surface area contributed by atoms with Crippen molar-refractivity contribution in [1.29, 1.82) is 0 Å². The fourth-order valence-corrected chi connectivity index (χ4v) is 2.33. The Labute approximate surface area is 115 Å². The van der Waals surface area contributed by atoms with Crippen LogP contribution in [-0.2, 0) is 11.3 Å². The molecular formula is C15H23N3O. The van der Waals surface area contributed by atoms with E-state index in [4.69, 9.17) is 0 Å². The van der Waals surface area contributed by atoms with E-state index in [1.54, 1.807) is 0 Å². The zero-order chi connectivity index (χ0) is 13.7. The number of carbonyl (C=O) groups is 1. The Morgan fingerprint density at radius 3 is 2.63 bits per heavy atom. The van der Waals surface area contributed by atoms with Crippen molar-refractivity contribution < 1.29 is 4.79 Å². The molecule has 0 aromatic carbocycles. The minimum absolute atomic E-state index is 0.155. The Bertz CT molecular complexity index is 399. The summed E-state index contributed by atoms with van der Waals surface area (Å²) in [6.45, 7) is 8.54. The quantitative estimate of drug-likeness (QED) is 0.829. The van der Waals surface area contributed by atoms with Crippen molar-refractivity contribution in [3.8, 4) is 0 Å². The number of piperazine rings is 1. The monoisotopic (exact) mass is 261 g/mol. The molecule has 1 aliphatic rings. The number of hydrogen-bond acceptors (Lipinski definition) is 3. The van der Waals surface area contributed by atoms with Crippen LogP contribution in [0.2, 0.25) is 0 Å². The molecule has 1 saturated heterocycles. The standard InChI is InChI=1S/C15H23N3O/c1-3-13(2)15(19)18-10-8-17(9-11-18)12-14-6-4-5-7-16-14/h4-7,13H,3,8-12H2,1-2H3. The summed E-state index contributed by atoms with van der Waals surface area (Å²) in [4.78, 5) is 20.8. The zero-order valence-corrected chi connectivity index (χ0v) is 11.9. The summed E-state index contributed by atoms with van der Waals surface area (Å²) in [5, 5.41) is 0. The summed E-state index contributed by atoms with van der Waals surface area (Å²) in [6, 6.07) is 6.01. The normalized spacial score (nSPS) is 18.3. The van der Waals surface area contributed by atoms with Gasteiger partial charge in [-0.2, -0.15) is 0 Å². The molecule has 0 spiro atoms. The van der Waals surface area contributed by atoms with Crippen molar-refractivity contribution in [2.45, 2.75) is 26.8 Å². The number of nitrogens with zero attached hydrogens (tertiary/aromatic N) is 3. The first-order valence-corrected chi connectivity index (χ1v) is 7.11. The molecule has 1 aliphatic heterocycles. The second-order valence-corrected chi connectivity index (χ2v) is 5.23.